The summed E-state index contributed by atoms with van der Waals surface area (Å²) in [6.07, 6.45) is -1.14. The van der Waals surface area contributed by atoms with Crippen molar-refractivity contribution in [2.45, 2.75) is 12.5 Å². The molecule has 0 heterocycles. The molecule has 1 unspecified atom stereocenters. The number of hydrogen-bond donors (Lipinski definition) is 2. The zero-order valence-corrected chi connectivity index (χ0v) is 9.35. The molecule has 15 heavy (non-hydrogen) atoms. The molecule has 1 aromatic rings. The molecular weight excluding hydrogens is 236 g/mol. The maximum absolute atomic E-state index is 10.3. The fourth-order valence-electron chi connectivity index (χ4n) is 0.925. The SMILES string of the molecule is O=C(O)C(O)Cc1ccccc1.[O-2].[O-2].[Ti+4]. The van der Waals surface area contributed by atoms with E-state index in [9.17, 15) is 4.79 Å². The van der Waals surface area contributed by atoms with Crippen LogP contribution in [0.2, 0.25) is 0 Å². The van der Waals surface area contributed by atoms with Crippen LogP contribution in [0.3, 0.4) is 0 Å². The third-order valence-electron chi connectivity index (χ3n) is 1.56. The molecule has 5 nitrogen and oxygen atoms in total. The number of carboxylic acid groups (broad SMARTS) is 1. The Morgan fingerprint density at radius 2 is 1.67 bits per heavy atom. The molecule has 2 N–H and O–H groups in total. The van der Waals surface area contributed by atoms with Gasteiger partial charge in [-0.3, -0.25) is 0 Å². The normalized spacial score (nSPS) is 9.93. The van der Waals surface area contributed by atoms with Crippen LogP contribution in [0.1, 0.15) is 5.56 Å². The summed E-state index contributed by atoms with van der Waals surface area (Å²) in [5, 5.41) is 17.4. The minimum absolute atomic E-state index is 0. The molecule has 0 aliphatic carbocycles. The smallest absolute Gasteiger partial charge is 2.00 e. The van der Waals surface area contributed by atoms with E-state index in [-0.39, 0.29) is 39.1 Å². The van der Waals surface area contributed by atoms with Crippen LogP contribution in [0, 0.1) is 0 Å². The van der Waals surface area contributed by atoms with E-state index < -0.39 is 12.1 Å². The number of rotatable bonds is 3. The summed E-state index contributed by atoms with van der Waals surface area (Å²) in [4.78, 5) is 10.3. The van der Waals surface area contributed by atoms with E-state index >= 15 is 0 Å². The fraction of sp³-hybridized carbons (Fsp3) is 0.222. The van der Waals surface area contributed by atoms with Crippen LogP contribution in [0.4, 0.5) is 0 Å². The number of carbonyl (C=O) groups is 1. The Balaban J connectivity index is -0.000000480. The molecule has 0 radical (unpaired) electrons. The second kappa shape index (κ2) is 9.82. The quantitative estimate of drug-likeness (QED) is 0.753. The van der Waals surface area contributed by atoms with Crippen LogP contribution >= 0.6 is 0 Å². The third-order valence-corrected chi connectivity index (χ3v) is 1.56. The summed E-state index contributed by atoms with van der Waals surface area (Å²) in [5.41, 5.74) is 0.826. The Labute approximate surface area is 102 Å². The Kier molecular flexibility index (Phi) is 13.0. The monoisotopic (exact) mass is 246 g/mol. The van der Waals surface area contributed by atoms with E-state index in [2.05, 4.69) is 0 Å². The van der Waals surface area contributed by atoms with E-state index in [0.29, 0.717) is 0 Å². The number of aliphatic carboxylic acids is 1. The van der Waals surface area contributed by atoms with Crippen molar-refractivity contribution >= 4 is 5.97 Å². The Morgan fingerprint density at radius 1 is 1.20 bits per heavy atom. The third kappa shape index (κ3) is 7.24. The average molecular weight is 246 g/mol. The number of aliphatic hydroxyl groups excluding tert-OH is 1. The van der Waals surface area contributed by atoms with Gasteiger partial charge in [-0.15, -0.1) is 0 Å². The molecule has 1 aromatic carbocycles. The first-order valence-corrected chi connectivity index (χ1v) is 3.65. The predicted molar refractivity (Wildman–Crippen MR) is 45.2 cm³/mol. The number of hydrogen-bond acceptors (Lipinski definition) is 2. The second-order valence-corrected chi connectivity index (χ2v) is 2.54. The van der Waals surface area contributed by atoms with Gasteiger partial charge in [0.2, 0.25) is 0 Å². The maximum Gasteiger partial charge on any atom is 4.00 e. The van der Waals surface area contributed by atoms with Crippen LogP contribution in [0.5, 0.6) is 0 Å². The zero-order valence-electron chi connectivity index (χ0n) is 7.79. The average Bonchev–Trinajstić information content (AvgIpc) is 2.06. The van der Waals surface area contributed by atoms with Gasteiger partial charge in [0.1, 0.15) is 0 Å². The Morgan fingerprint density at radius 3 is 2.07 bits per heavy atom. The van der Waals surface area contributed by atoms with Crippen molar-refractivity contribution in [3.63, 3.8) is 0 Å². The topological polar surface area (TPSA) is 115 Å². The molecule has 0 bridgehead atoms. The van der Waals surface area contributed by atoms with Gasteiger partial charge >= 0.3 is 27.7 Å². The van der Waals surface area contributed by atoms with Crippen LogP contribution < -0.4 is 0 Å². The molecule has 0 saturated heterocycles. The van der Waals surface area contributed by atoms with Gasteiger partial charge in [-0.1, -0.05) is 30.3 Å². The van der Waals surface area contributed by atoms with E-state index in [1.807, 2.05) is 18.2 Å². The zero-order chi connectivity index (χ0) is 8.97. The molecule has 80 valence electrons. The van der Waals surface area contributed by atoms with Crippen LogP contribution in [-0.4, -0.2) is 22.3 Å². The summed E-state index contributed by atoms with van der Waals surface area (Å²) in [7, 11) is 0. The first-order chi connectivity index (χ1) is 5.70. The largest absolute Gasteiger partial charge is 4.00 e. The van der Waals surface area contributed by atoms with Gasteiger partial charge in [0.25, 0.3) is 0 Å². The molecule has 0 spiro atoms. The fourth-order valence-corrected chi connectivity index (χ4v) is 0.925. The summed E-state index contributed by atoms with van der Waals surface area (Å²) >= 11 is 0. The van der Waals surface area contributed by atoms with E-state index in [1.54, 1.807) is 12.1 Å². The van der Waals surface area contributed by atoms with Gasteiger partial charge in [0.15, 0.2) is 6.10 Å². The Bertz CT molecular complexity index is 264. The van der Waals surface area contributed by atoms with Gasteiger partial charge in [0, 0.05) is 6.42 Å². The number of carboxylic acids is 1. The minimum atomic E-state index is -1.30. The van der Waals surface area contributed by atoms with Crippen molar-refractivity contribution in [2.75, 3.05) is 0 Å². The molecule has 6 heteroatoms. The number of aliphatic hydroxyl groups is 1. The van der Waals surface area contributed by atoms with Crippen molar-refractivity contribution in [3.05, 3.63) is 35.9 Å². The molecule has 0 saturated carbocycles. The van der Waals surface area contributed by atoms with Crippen molar-refractivity contribution in [3.8, 4) is 0 Å². The standard InChI is InChI=1S/C9H10O3.2O.Ti/c10-8(9(11)12)6-7-4-2-1-3-5-7;;;/h1-5,8,10H,6H2,(H,11,12);;;/q;2*-2;+4. The molecule has 0 aliphatic heterocycles. The molecule has 0 amide bonds. The molecule has 0 aliphatic rings. The molecule has 1 rings (SSSR count). The molecule has 0 fully saturated rings. The second-order valence-electron chi connectivity index (χ2n) is 2.54. The van der Waals surface area contributed by atoms with Gasteiger partial charge in [-0.2, -0.15) is 0 Å². The summed E-state index contributed by atoms with van der Waals surface area (Å²) in [5.74, 6) is -1.18. The first kappa shape index (κ1) is 19.8. The van der Waals surface area contributed by atoms with Gasteiger partial charge in [-0.05, 0) is 5.56 Å². The summed E-state index contributed by atoms with van der Waals surface area (Å²) in [6.45, 7) is 0. The van der Waals surface area contributed by atoms with Crippen LogP contribution in [-0.2, 0) is 43.9 Å². The van der Waals surface area contributed by atoms with E-state index in [0.717, 1.165) is 5.56 Å². The molecule has 1 atom stereocenters. The predicted octanol–water partition coefficient (Wildman–Crippen LogP) is 0.435. The molecular formula is C9H10O5Ti. The maximum atomic E-state index is 10.3. The van der Waals surface area contributed by atoms with Crippen LogP contribution in [0.25, 0.3) is 0 Å². The van der Waals surface area contributed by atoms with E-state index in [4.69, 9.17) is 10.2 Å². The van der Waals surface area contributed by atoms with Gasteiger partial charge in [0.05, 0.1) is 0 Å². The van der Waals surface area contributed by atoms with Crippen molar-refractivity contribution in [1.29, 1.82) is 0 Å². The van der Waals surface area contributed by atoms with E-state index in [1.165, 1.54) is 0 Å². The first-order valence-electron chi connectivity index (χ1n) is 3.65. The van der Waals surface area contributed by atoms with Crippen molar-refractivity contribution in [2.24, 2.45) is 0 Å². The summed E-state index contributed by atoms with van der Waals surface area (Å²) < 4.78 is 0. The Hall–Kier alpha value is -0.716. The van der Waals surface area contributed by atoms with Crippen molar-refractivity contribution < 1.29 is 47.7 Å². The van der Waals surface area contributed by atoms with Gasteiger partial charge in [-0.25, -0.2) is 4.79 Å². The molecule has 0 aromatic heterocycles. The summed E-state index contributed by atoms with van der Waals surface area (Å²) in [6, 6.07) is 9.03. The van der Waals surface area contributed by atoms with Crippen molar-refractivity contribution in [1.82, 2.24) is 0 Å². The minimum Gasteiger partial charge on any atom is -2.00 e. The van der Waals surface area contributed by atoms with Crippen LogP contribution in [0.15, 0.2) is 30.3 Å². The van der Waals surface area contributed by atoms with Gasteiger partial charge < -0.3 is 21.2 Å². The number of benzene rings is 1.